The fourth-order valence-electron chi connectivity index (χ4n) is 3.81. The second-order valence-electron chi connectivity index (χ2n) is 7.16. The number of phenolic OH excluding ortho intramolecular Hbond substituents is 1. The minimum absolute atomic E-state index is 0.0351. The summed E-state index contributed by atoms with van der Waals surface area (Å²) in [6, 6.07) is 11.3. The lowest BCUT2D eigenvalue weighted by Crippen LogP contribution is -2.36. The molecule has 1 amide bonds. The van der Waals surface area contributed by atoms with Gasteiger partial charge >= 0.3 is 0 Å². The standard InChI is InChI=1S/C22H19N3O3S/c26-12-17-8-16(13-29-17)14-4-5-21-23-19(11-25(21)9-14)22(28)24-7-6-18-15(10-24)2-1-3-20(18)27/h1-5,8-9,11,13,26-27H,6-7,10,12H2. The minimum atomic E-state index is -0.109. The number of carbonyl (C=O) groups is 1. The number of rotatable bonds is 3. The second-order valence-corrected chi connectivity index (χ2v) is 8.16. The van der Waals surface area contributed by atoms with Crippen LogP contribution in [0.4, 0.5) is 0 Å². The van der Waals surface area contributed by atoms with Crippen LogP contribution in [0.1, 0.15) is 26.5 Å². The average Bonchev–Trinajstić information content (AvgIpc) is 3.39. The summed E-state index contributed by atoms with van der Waals surface area (Å²) in [5.74, 6) is 0.190. The van der Waals surface area contributed by atoms with Crippen LogP contribution in [0.2, 0.25) is 0 Å². The Labute approximate surface area is 171 Å². The molecule has 0 radical (unpaired) electrons. The van der Waals surface area contributed by atoms with Gasteiger partial charge < -0.3 is 19.5 Å². The van der Waals surface area contributed by atoms with Gasteiger partial charge in [0.05, 0.1) is 6.61 Å². The third-order valence-corrected chi connectivity index (χ3v) is 6.26. The van der Waals surface area contributed by atoms with E-state index in [0.717, 1.165) is 27.1 Å². The van der Waals surface area contributed by atoms with Gasteiger partial charge in [-0.15, -0.1) is 11.3 Å². The molecule has 6 nitrogen and oxygen atoms in total. The van der Waals surface area contributed by atoms with Crippen LogP contribution in [0.15, 0.2) is 54.2 Å². The Morgan fingerprint density at radius 3 is 2.90 bits per heavy atom. The first-order valence-electron chi connectivity index (χ1n) is 9.39. The quantitative estimate of drug-likeness (QED) is 0.547. The van der Waals surface area contributed by atoms with E-state index in [1.54, 1.807) is 23.2 Å². The number of aliphatic hydroxyl groups excluding tert-OH is 1. The zero-order chi connectivity index (χ0) is 20.0. The molecule has 5 rings (SSSR count). The molecule has 0 fully saturated rings. The minimum Gasteiger partial charge on any atom is -0.508 e. The Morgan fingerprint density at radius 2 is 2.07 bits per heavy atom. The van der Waals surface area contributed by atoms with Crippen LogP contribution in [-0.2, 0) is 19.6 Å². The molecule has 0 saturated heterocycles. The van der Waals surface area contributed by atoms with Gasteiger partial charge in [-0.25, -0.2) is 4.98 Å². The van der Waals surface area contributed by atoms with Crippen molar-refractivity contribution < 1.29 is 15.0 Å². The van der Waals surface area contributed by atoms with Crippen molar-refractivity contribution >= 4 is 22.9 Å². The topological polar surface area (TPSA) is 78.1 Å². The third-order valence-electron chi connectivity index (χ3n) is 5.34. The number of nitrogens with zero attached hydrogens (tertiary/aromatic N) is 3. The van der Waals surface area contributed by atoms with Crippen LogP contribution in [0.25, 0.3) is 16.8 Å². The Balaban J connectivity index is 1.42. The van der Waals surface area contributed by atoms with Gasteiger partial charge in [-0.2, -0.15) is 0 Å². The summed E-state index contributed by atoms with van der Waals surface area (Å²) in [5, 5.41) is 21.3. The van der Waals surface area contributed by atoms with Crippen molar-refractivity contribution in [1.29, 1.82) is 0 Å². The first-order chi connectivity index (χ1) is 14.1. The number of aromatic hydroxyl groups is 1. The summed E-state index contributed by atoms with van der Waals surface area (Å²) in [6.45, 7) is 1.06. The molecule has 0 spiro atoms. The van der Waals surface area contributed by atoms with Crippen LogP contribution in [0.5, 0.6) is 5.75 Å². The highest BCUT2D eigenvalue weighted by atomic mass is 32.1. The van der Waals surface area contributed by atoms with Gasteiger partial charge in [0.15, 0.2) is 0 Å². The smallest absolute Gasteiger partial charge is 0.274 e. The Hall–Kier alpha value is -3.16. The summed E-state index contributed by atoms with van der Waals surface area (Å²) >= 11 is 1.52. The first kappa shape index (κ1) is 17.9. The summed E-state index contributed by atoms with van der Waals surface area (Å²) < 4.78 is 1.86. The fourth-order valence-corrected chi connectivity index (χ4v) is 4.56. The normalized spacial score (nSPS) is 13.6. The number of carbonyl (C=O) groups excluding carboxylic acids is 1. The van der Waals surface area contributed by atoms with Crippen molar-refractivity contribution in [3.8, 4) is 16.9 Å². The van der Waals surface area contributed by atoms with Crippen LogP contribution in [0.3, 0.4) is 0 Å². The summed E-state index contributed by atoms with van der Waals surface area (Å²) in [5.41, 5.74) is 5.07. The number of benzene rings is 1. The third kappa shape index (κ3) is 3.18. The second kappa shape index (κ2) is 7.02. The van der Waals surface area contributed by atoms with E-state index in [-0.39, 0.29) is 12.5 Å². The largest absolute Gasteiger partial charge is 0.508 e. The molecule has 3 aromatic heterocycles. The maximum Gasteiger partial charge on any atom is 0.274 e. The molecule has 1 aliphatic heterocycles. The molecule has 146 valence electrons. The molecule has 0 aliphatic carbocycles. The van der Waals surface area contributed by atoms with Gasteiger partial charge in [0.25, 0.3) is 5.91 Å². The SMILES string of the molecule is O=C(c1cn2cc(-c3csc(CO)c3)ccc2n1)N1CCc2c(O)cccc2C1. The van der Waals surface area contributed by atoms with E-state index in [9.17, 15) is 15.0 Å². The molecular weight excluding hydrogens is 386 g/mol. The molecule has 1 aromatic carbocycles. The zero-order valence-corrected chi connectivity index (χ0v) is 16.4. The van der Waals surface area contributed by atoms with Crippen molar-refractivity contribution in [2.24, 2.45) is 0 Å². The molecule has 0 saturated carbocycles. The van der Waals surface area contributed by atoms with Gasteiger partial charge in [-0.1, -0.05) is 12.1 Å². The van der Waals surface area contributed by atoms with Crippen LogP contribution in [-0.4, -0.2) is 36.9 Å². The Bertz CT molecular complexity index is 1230. The van der Waals surface area contributed by atoms with E-state index in [1.807, 2.05) is 40.2 Å². The number of imidazole rings is 1. The molecule has 0 unspecified atom stereocenters. The van der Waals surface area contributed by atoms with E-state index in [4.69, 9.17) is 0 Å². The number of aromatic nitrogens is 2. The van der Waals surface area contributed by atoms with Crippen molar-refractivity contribution in [2.75, 3.05) is 6.54 Å². The maximum absolute atomic E-state index is 13.0. The lowest BCUT2D eigenvalue weighted by Gasteiger charge is -2.28. The number of hydrogen-bond acceptors (Lipinski definition) is 5. The number of thiophene rings is 1. The molecule has 0 atom stereocenters. The predicted octanol–water partition coefficient (Wildman–Crippen LogP) is 3.46. The Morgan fingerprint density at radius 1 is 1.17 bits per heavy atom. The number of pyridine rings is 1. The van der Waals surface area contributed by atoms with Crippen LogP contribution < -0.4 is 0 Å². The molecule has 2 N–H and O–H groups in total. The van der Waals surface area contributed by atoms with Crippen LogP contribution >= 0.6 is 11.3 Å². The highest BCUT2D eigenvalue weighted by Gasteiger charge is 2.25. The number of fused-ring (bicyclic) bond motifs is 2. The van der Waals surface area contributed by atoms with E-state index in [2.05, 4.69) is 4.98 Å². The molecule has 0 bridgehead atoms. The zero-order valence-electron chi connectivity index (χ0n) is 15.6. The number of amides is 1. The van der Waals surface area contributed by atoms with Gasteiger partial charge in [-0.05, 0) is 52.8 Å². The summed E-state index contributed by atoms with van der Waals surface area (Å²) in [7, 11) is 0. The molecule has 1 aliphatic rings. The highest BCUT2D eigenvalue weighted by Crippen LogP contribution is 2.28. The van der Waals surface area contributed by atoms with E-state index in [1.165, 1.54) is 11.3 Å². The first-order valence-corrected chi connectivity index (χ1v) is 10.3. The van der Waals surface area contributed by atoms with Crippen molar-refractivity contribution in [1.82, 2.24) is 14.3 Å². The van der Waals surface area contributed by atoms with E-state index >= 15 is 0 Å². The van der Waals surface area contributed by atoms with Crippen LogP contribution in [0, 0.1) is 0 Å². The lowest BCUT2D eigenvalue weighted by molar-refractivity contribution is 0.0728. The molecule has 7 heteroatoms. The number of aliphatic hydroxyl groups is 1. The monoisotopic (exact) mass is 405 g/mol. The number of phenols is 1. The molecule has 4 aromatic rings. The van der Waals surface area contributed by atoms with E-state index < -0.39 is 0 Å². The van der Waals surface area contributed by atoms with Crippen molar-refractivity contribution in [3.05, 3.63) is 75.9 Å². The molecule has 29 heavy (non-hydrogen) atoms. The lowest BCUT2D eigenvalue weighted by atomic mass is 9.98. The van der Waals surface area contributed by atoms with Crippen molar-refractivity contribution in [2.45, 2.75) is 19.6 Å². The molecular formula is C22H19N3O3S. The average molecular weight is 405 g/mol. The van der Waals surface area contributed by atoms with Gasteiger partial charge in [0, 0.05) is 35.9 Å². The van der Waals surface area contributed by atoms with Gasteiger partial charge in [-0.3, -0.25) is 4.79 Å². The summed E-state index contributed by atoms with van der Waals surface area (Å²) in [6.07, 6.45) is 4.35. The van der Waals surface area contributed by atoms with E-state index in [0.29, 0.717) is 36.6 Å². The predicted molar refractivity (Wildman–Crippen MR) is 111 cm³/mol. The summed E-state index contributed by atoms with van der Waals surface area (Å²) in [4.78, 5) is 20.2. The maximum atomic E-state index is 13.0. The fraction of sp³-hybridized carbons (Fsp3) is 0.182. The van der Waals surface area contributed by atoms with Gasteiger partial charge in [0.1, 0.15) is 17.1 Å². The van der Waals surface area contributed by atoms with Crippen molar-refractivity contribution in [3.63, 3.8) is 0 Å². The van der Waals surface area contributed by atoms with Gasteiger partial charge in [0.2, 0.25) is 0 Å². The highest BCUT2D eigenvalue weighted by molar-refractivity contribution is 7.10. The molecule has 4 heterocycles. The number of hydrogen-bond donors (Lipinski definition) is 2. The Kier molecular flexibility index (Phi) is 4.34.